The molecule has 0 unspecified atom stereocenters. The molecule has 8 nitrogen and oxygen atoms in total. The van der Waals surface area contributed by atoms with E-state index in [1.807, 2.05) is 17.0 Å². The number of amides is 1. The van der Waals surface area contributed by atoms with Crippen molar-refractivity contribution in [3.05, 3.63) is 29.3 Å². The molecule has 3 rings (SSSR count). The van der Waals surface area contributed by atoms with Crippen LogP contribution in [-0.4, -0.2) is 99.2 Å². The van der Waals surface area contributed by atoms with Crippen LogP contribution < -0.4 is 10.1 Å². The van der Waals surface area contributed by atoms with Gasteiger partial charge < -0.3 is 24.6 Å². The van der Waals surface area contributed by atoms with Crippen molar-refractivity contribution in [3.8, 4) is 5.75 Å². The van der Waals surface area contributed by atoms with Crippen LogP contribution in [0.5, 0.6) is 5.75 Å². The number of nitrogens with zero attached hydrogens (tertiary/aromatic N) is 4. The molecular weight excluding hydrogens is 509 g/mol. The van der Waals surface area contributed by atoms with E-state index in [1.54, 1.807) is 7.11 Å². The number of hydrogen-bond donors (Lipinski definition) is 1. The Labute approximate surface area is 203 Å². The number of carbonyl (C=O) groups excluding carboxylic acids is 1. The Kier molecular flexibility index (Phi) is 10.8. The van der Waals surface area contributed by atoms with Crippen molar-refractivity contribution in [2.75, 3.05) is 72.7 Å². The summed E-state index contributed by atoms with van der Waals surface area (Å²) >= 11 is 0. The standard InChI is InChI=1S/C22H35N5O3.HI/c1-4-23-22(24-16-19-13-18(2)14-20(15-19)29-3)27-7-5-25(6-8-27)17-21(28)26-9-11-30-12-10-26;/h13-15H,4-12,16-17H2,1-3H3,(H,23,24);1H. The summed E-state index contributed by atoms with van der Waals surface area (Å²) < 4.78 is 10.7. The number of halogens is 1. The Morgan fingerprint density at radius 2 is 1.81 bits per heavy atom. The molecule has 174 valence electrons. The molecule has 0 atom stereocenters. The third kappa shape index (κ3) is 7.80. The van der Waals surface area contributed by atoms with Gasteiger partial charge in [0.25, 0.3) is 0 Å². The summed E-state index contributed by atoms with van der Waals surface area (Å²) in [4.78, 5) is 23.8. The second kappa shape index (κ2) is 13.1. The summed E-state index contributed by atoms with van der Waals surface area (Å²) in [5.41, 5.74) is 2.31. The van der Waals surface area contributed by atoms with Crippen LogP contribution in [0.15, 0.2) is 23.2 Å². The molecule has 2 heterocycles. The Balaban J connectivity index is 0.00000341. The van der Waals surface area contributed by atoms with Crippen LogP contribution in [0.1, 0.15) is 18.1 Å². The second-order valence-corrected chi connectivity index (χ2v) is 7.78. The summed E-state index contributed by atoms with van der Waals surface area (Å²) in [5, 5.41) is 3.41. The number of nitrogens with one attached hydrogen (secondary N) is 1. The van der Waals surface area contributed by atoms with Crippen molar-refractivity contribution in [3.63, 3.8) is 0 Å². The van der Waals surface area contributed by atoms with Crippen molar-refractivity contribution in [2.24, 2.45) is 4.99 Å². The zero-order chi connectivity index (χ0) is 21.3. The number of hydrogen-bond acceptors (Lipinski definition) is 5. The fourth-order valence-corrected chi connectivity index (χ4v) is 3.85. The average Bonchev–Trinajstić information content (AvgIpc) is 2.77. The maximum atomic E-state index is 12.5. The first-order chi connectivity index (χ1) is 14.6. The molecule has 2 aliphatic heterocycles. The van der Waals surface area contributed by atoms with Crippen molar-refractivity contribution in [1.82, 2.24) is 20.0 Å². The number of ether oxygens (including phenoxy) is 2. The van der Waals surface area contributed by atoms with Gasteiger partial charge in [0, 0.05) is 45.8 Å². The molecule has 1 aromatic carbocycles. The molecule has 31 heavy (non-hydrogen) atoms. The number of guanidine groups is 1. The molecule has 0 aromatic heterocycles. The fraction of sp³-hybridized carbons (Fsp3) is 0.636. The van der Waals surface area contributed by atoms with E-state index in [1.165, 1.54) is 5.56 Å². The van der Waals surface area contributed by atoms with E-state index >= 15 is 0 Å². The first kappa shape index (κ1) is 25.7. The van der Waals surface area contributed by atoms with E-state index in [2.05, 4.69) is 35.0 Å². The van der Waals surface area contributed by atoms with Gasteiger partial charge in [-0.1, -0.05) is 6.07 Å². The number of methoxy groups -OCH3 is 1. The molecule has 1 aromatic rings. The lowest BCUT2D eigenvalue weighted by Crippen LogP contribution is -2.54. The number of aliphatic imine (C=N–C) groups is 1. The smallest absolute Gasteiger partial charge is 0.236 e. The quantitative estimate of drug-likeness (QED) is 0.333. The Morgan fingerprint density at radius 1 is 1.10 bits per heavy atom. The lowest BCUT2D eigenvalue weighted by atomic mass is 10.1. The molecule has 9 heteroatoms. The van der Waals surface area contributed by atoms with Crippen molar-refractivity contribution >= 4 is 35.8 Å². The van der Waals surface area contributed by atoms with Crippen LogP contribution in [0, 0.1) is 6.92 Å². The maximum absolute atomic E-state index is 12.5. The normalized spacial score (nSPS) is 17.8. The van der Waals surface area contributed by atoms with Gasteiger partial charge >= 0.3 is 0 Å². The molecule has 0 aliphatic carbocycles. The van der Waals surface area contributed by atoms with Gasteiger partial charge in [0.1, 0.15) is 5.75 Å². The van der Waals surface area contributed by atoms with Crippen molar-refractivity contribution < 1.29 is 14.3 Å². The number of rotatable bonds is 6. The predicted octanol–water partition coefficient (Wildman–Crippen LogP) is 1.56. The zero-order valence-corrected chi connectivity index (χ0v) is 21.3. The van der Waals surface area contributed by atoms with Gasteiger partial charge in [0.15, 0.2) is 5.96 Å². The van der Waals surface area contributed by atoms with E-state index in [9.17, 15) is 4.79 Å². The number of benzene rings is 1. The molecule has 2 saturated heterocycles. The van der Waals surface area contributed by atoms with Crippen LogP contribution in [0.4, 0.5) is 0 Å². The highest BCUT2D eigenvalue weighted by Crippen LogP contribution is 2.17. The van der Waals surface area contributed by atoms with Crippen molar-refractivity contribution in [2.45, 2.75) is 20.4 Å². The minimum atomic E-state index is 0. The number of carbonyl (C=O) groups is 1. The van der Waals surface area contributed by atoms with Crippen LogP contribution in [0.3, 0.4) is 0 Å². The molecule has 2 aliphatic rings. The molecule has 0 radical (unpaired) electrons. The van der Waals surface area contributed by atoms with Crippen LogP contribution in [0.2, 0.25) is 0 Å². The summed E-state index contributed by atoms with van der Waals surface area (Å²) in [6, 6.07) is 6.20. The average molecular weight is 545 g/mol. The van der Waals surface area contributed by atoms with Crippen LogP contribution in [-0.2, 0) is 16.1 Å². The van der Waals surface area contributed by atoms with Gasteiger partial charge in [-0.05, 0) is 37.1 Å². The van der Waals surface area contributed by atoms with E-state index < -0.39 is 0 Å². The highest BCUT2D eigenvalue weighted by atomic mass is 127. The van der Waals surface area contributed by atoms with E-state index in [0.717, 1.165) is 50.0 Å². The van der Waals surface area contributed by atoms with E-state index in [4.69, 9.17) is 14.5 Å². The van der Waals surface area contributed by atoms with Gasteiger partial charge in [-0.15, -0.1) is 24.0 Å². The monoisotopic (exact) mass is 545 g/mol. The largest absolute Gasteiger partial charge is 0.497 e. The minimum Gasteiger partial charge on any atom is -0.497 e. The van der Waals surface area contributed by atoms with Crippen LogP contribution >= 0.6 is 24.0 Å². The van der Waals surface area contributed by atoms with Crippen LogP contribution in [0.25, 0.3) is 0 Å². The van der Waals surface area contributed by atoms with Gasteiger partial charge in [0.05, 0.1) is 33.4 Å². The highest BCUT2D eigenvalue weighted by molar-refractivity contribution is 14.0. The second-order valence-electron chi connectivity index (χ2n) is 7.78. The highest BCUT2D eigenvalue weighted by Gasteiger charge is 2.24. The van der Waals surface area contributed by atoms with E-state index in [-0.39, 0.29) is 29.9 Å². The zero-order valence-electron chi connectivity index (χ0n) is 18.9. The number of aryl methyl sites for hydroxylation is 1. The summed E-state index contributed by atoms with van der Waals surface area (Å²) in [5.74, 6) is 2.00. The predicted molar refractivity (Wildman–Crippen MR) is 133 cm³/mol. The van der Waals surface area contributed by atoms with Gasteiger partial charge in [-0.3, -0.25) is 9.69 Å². The summed E-state index contributed by atoms with van der Waals surface area (Å²) in [6.45, 7) is 12.2. The first-order valence-electron chi connectivity index (χ1n) is 10.8. The van der Waals surface area contributed by atoms with Gasteiger partial charge in [-0.25, -0.2) is 4.99 Å². The molecular formula is C22H36IN5O3. The lowest BCUT2D eigenvalue weighted by molar-refractivity contribution is -0.136. The molecule has 1 amide bonds. The van der Waals surface area contributed by atoms with E-state index in [0.29, 0.717) is 39.4 Å². The molecule has 0 saturated carbocycles. The topological polar surface area (TPSA) is 69.6 Å². The third-order valence-corrected chi connectivity index (χ3v) is 5.49. The number of morpholine rings is 1. The molecule has 1 N–H and O–H groups in total. The summed E-state index contributed by atoms with van der Waals surface area (Å²) in [6.07, 6.45) is 0. The van der Waals surface area contributed by atoms with Gasteiger partial charge in [-0.2, -0.15) is 0 Å². The number of piperazine rings is 1. The first-order valence-corrected chi connectivity index (χ1v) is 10.8. The Morgan fingerprint density at radius 3 is 2.45 bits per heavy atom. The third-order valence-electron chi connectivity index (χ3n) is 5.49. The van der Waals surface area contributed by atoms with Crippen molar-refractivity contribution in [1.29, 1.82) is 0 Å². The Hall–Kier alpha value is -1.59. The SMILES string of the molecule is CCNC(=NCc1cc(C)cc(OC)c1)N1CCN(CC(=O)N2CCOCC2)CC1.I. The summed E-state index contributed by atoms with van der Waals surface area (Å²) in [7, 11) is 1.69. The maximum Gasteiger partial charge on any atom is 0.236 e. The molecule has 0 bridgehead atoms. The molecule has 0 spiro atoms. The minimum absolute atomic E-state index is 0. The molecule has 2 fully saturated rings. The van der Waals surface area contributed by atoms with Gasteiger partial charge in [0.2, 0.25) is 5.91 Å². The Bertz CT molecular complexity index is 732. The lowest BCUT2D eigenvalue weighted by Gasteiger charge is -2.37. The fourth-order valence-electron chi connectivity index (χ4n) is 3.85.